The predicted molar refractivity (Wildman–Crippen MR) is 83.4 cm³/mol. The molecule has 23 heavy (non-hydrogen) atoms. The minimum atomic E-state index is -0.967. The molecule has 0 atom stereocenters. The van der Waals surface area contributed by atoms with Crippen LogP contribution >= 0.6 is 0 Å². The van der Waals surface area contributed by atoms with E-state index in [0.717, 1.165) is 17.7 Å². The van der Waals surface area contributed by atoms with Gasteiger partial charge in [0.15, 0.2) is 18.2 Å². The molecule has 0 aliphatic carbocycles. The molecule has 0 radical (unpaired) electrons. The lowest BCUT2D eigenvalue weighted by Crippen LogP contribution is -2.25. The molecule has 0 aliphatic heterocycles. The molecule has 4 nitrogen and oxygen atoms in total. The lowest BCUT2D eigenvalue weighted by atomic mass is 10.1. The molecule has 120 valence electrons. The Morgan fingerprint density at radius 3 is 2.65 bits per heavy atom. The van der Waals surface area contributed by atoms with E-state index < -0.39 is 17.5 Å². The first kappa shape index (κ1) is 16.6. The van der Waals surface area contributed by atoms with Crippen molar-refractivity contribution in [3.05, 3.63) is 65.2 Å². The molecule has 2 rings (SSSR count). The number of aryl methyl sites for hydroxylation is 1. The van der Waals surface area contributed by atoms with Crippen molar-refractivity contribution in [1.82, 2.24) is 5.43 Å². The summed E-state index contributed by atoms with van der Waals surface area (Å²) in [5.74, 6) is -1.77. The second-order valence-electron chi connectivity index (χ2n) is 4.97. The molecule has 0 heterocycles. The molecule has 0 saturated carbocycles. The number of carbonyl (C=O) groups excluding carboxylic acids is 1. The van der Waals surface area contributed by atoms with Gasteiger partial charge < -0.3 is 4.74 Å². The van der Waals surface area contributed by atoms with Gasteiger partial charge in [-0.25, -0.2) is 14.2 Å². The Labute approximate surface area is 132 Å². The molecule has 0 fully saturated rings. The quantitative estimate of drug-likeness (QED) is 0.680. The molecule has 2 aromatic rings. The summed E-state index contributed by atoms with van der Waals surface area (Å²) >= 11 is 0. The highest BCUT2D eigenvalue weighted by Gasteiger charge is 2.06. The maximum atomic E-state index is 13.1. The first-order valence-corrected chi connectivity index (χ1v) is 6.94. The number of benzene rings is 2. The number of nitrogens with one attached hydrogen (secondary N) is 1. The largest absolute Gasteiger partial charge is 0.484 e. The van der Waals surface area contributed by atoms with Crippen molar-refractivity contribution in [2.24, 2.45) is 5.10 Å². The summed E-state index contributed by atoms with van der Waals surface area (Å²) in [5.41, 5.74) is 4.06. The standard InChI is InChI=1S/C17H16F2N2O2/c1-11-4-3-5-14(8-11)23-10-17(22)21-20-12(2)13-6-7-15(18)16(19)9-13/h3-9H,10H2,1-2H3,(H,21,22)/b20-12-. The Morgan fingerprint density at radius 1 is 1.17 bits per heavy atom. The molecule has 0 spiro atoms. The Bertz CT molecular complexity index is 745. The van der Waals surface area contributed by atoms with Gasteiger partial charge in [0, 0.05) is 5.56 Å². The molecule has 1 N–H and O–H groups in total. The third kappa shape index (κ3) is 4.88. The van der Waals surface area contributed by atoms with Crippen LogP contribution in [0.15, 0.2) is 47.6 Å². The number of rotatable bonds is 5. The molecular formula is C17H16F2N2O2. The molecule has 0 bridgehead atoms. The number of carbonyl (C=O) groups is 1. The summed E-state index contributed by atoms with van der Waals surface area (Å²) in [6.07, 6.45) is 0. The molecular weight excluding hydrogens is 302 g/mol. The predicted octanol–water partition coefficient (Wildman–Crippen LogP) is 3.19. The molecule has 6 heteroatoms. The van der Waals surface area contributed by atoms with Crippen molar-refractivity contribution in [3.8, 4) is 5.75 Å². The van der Waals surface area contributed by atoms with Crippen LogP contribution in [0.5, 0.6) is 5.75 Å². The minimum Gasteiger partial charge on any atom is -0.484 e. The molecule has 2 aromatic carbocycles. The van der Waals surface area contributed by atoms with E-state index in [1.807, 2.05) is 25.1 Å². The average molecular weight is 318 g/mol. The zero-order valence-corrected chi connectivity index (χ0v) is 12.8. The van der Waals surface area contributed by atoms with Gasteiger partial charge in [-0.2, -0.15) is 5.10 Å². The van der Waals surface area contributed by atoms with E-state index in [2.05, 4.69) is 10.5 Å². The fourth-order valence-corrected chi connectivity index (χ4v) is 1.82. The number of hydrogen-bond donors (Lipinski definition) is 1. The summed E-state index contributed by atoms with van der Waals surface area (Å²) < 4.78 is 31.3. The Morgan fingerprint density at radius 2 is 1.96 bits per heavy atom. The lowest BCUT2D eigenvalue weighted by Gasteiger charge is -2.06. The number of halogens is 2. The van der Waals surface area contributed by atoms with Crippen molar-refractivity contribution in [2.45, 2.75) is 13.8 Å². The summed E-state index contributed by atoms with van der Waals surface area (Å²) in [4.78, 5) is 11.7. The van der Waals surface area contributed by atoms with Crippen LogP contribution in [-0.2, 0) is 4.79 Å². The molecule has 0 aliphatic rings. The van der Waals surface area contributed by atoms with Crippen LogP contribution in [-0.4, -0.2) is 18.2 Å². The zero-order valence-electron chi connectivity index (χ0n) is 12.8. The monoisotopic (exact) mass is 318 g/mol. The van der Waals surface area contributed by atoms with Crippen molar-refractivity contribution in [3.63, 3.8) is 0 Å². The highest BCUT2D eigenvalue weighted by atomic mass is 19.2. The van der Waals surface area contributed by atoms with Gasteiger partial charge in [0.1, 0.15) is 5.75 Å². The van der Waals surface area contributed by atoms with Crippen molar-refractivity contribution in [1.29, 1.82) is 0 Å². The number of hydrazone groups is 1. The maximum Gasteiger partial charge on any atom is 0.277 e. The van der Waals surface area contributed by atoms with Gasteiger partial charge in [-0.05, 0) is 49.7 Å². The van der Waals surface area contributed by atoms with Crippen molar-refractivity contribution < 1.29 is 18.3 Å². The third-order valence-corrected chi connectivity index (χ3v) is 3.05. The maximum absolute atomic E-state index is 13.1. The van der Waals surface area contributed by atoms with Gasteiger partial charge in [0.2, 0.25) is 0 Å². The number of amides is 1. The fourth-order valence-electron chi connectivity index (χ4n) is 1.82. The topological polar surface area (TPSA) is 50.7 Å². The molecule has 0 aromatic heterocycles. The van der Waals surface area contributed by atoms with Gasteiger partial charge in [-0.3, -0.25) is 4.79 Å². The van der Waals surface area contributed by atoms with Crippen LogP contribution in [0.4, 0.5) is 8.78 Å². The van der Waals surface area contributed by atoms with Gasteiger partial charge in [-0.1, -0.05) is 12.1 Å². The van der Waals surface area contributed by atoms with Crippen molar-refractivity contribution in [2.75, 3.05) is 6.61 Å². The van der Waals surface area contributed by atoms with E-state index in [9.17, 15) is 13.6 Å². The van der Waals surface area contributed by atoms with E-state index in [-0.39, 0.29) is 6.61 Å². The Balaban J connectivity index is 1.90. The second-order valence-corrected chi connectivity index (χ2v) is 4.97. The molecule has 0 unspecified atom stereocenters. The van der Waals surface area contributed by atoms with Crippen LogP contribution in [0.3, 0.4) is 0 Å². The number of ether oxygens (including phenoxy) is 1. The van der Waals surface area contributed by atoms with E-state index in [1.165, 1.54) is 6.07 Å². The normalized spacial score (nSPS) is 11.2. The van der Waals surface area contributed by atoms with E-state index in [1.54, 1.807) is 13.0 Å². The number of hydrogen-bond acceptors (Lipinski definition) is 3. The van der Waals surface area contributed by atoms with E-state index >= 15 is 0 Å². The van der Waals surface area contributed by atoms with Crippen LogP contribution in [0.25, 0.3) is 0 Å². The second kappa shape index (κ2) is 7.49. The van der Waals surface area contributed by atoms with Crippen LogP contribution in [0.1, 0.15) is 18.1 Å². The van der Waals surface area contributed by atoms with Crippen LogP contribution < -0.4 is 10.2 Å². The van der Waals surface area contributed by atoms with E-state index in [0.29, 0.717) is 17.0 Å². The first-order valence-electron chi connectivity index (χ1n) is 6.94. The lowest BCUT2D eigenvalue weighted by molar-refractivity contribution is -0.123. The Hall–Kier alpha value is -2.76. The first-order chi connectivity index (χ1) is 11.0. The van der Waals surface area contributed by atoms with Crippen LogP contribution in [0.2, 0.25) is 0 Å². The van der Waals surface area contributed by atoms with E-state index in [4.69, 9.17) is 4.74 Å². The summed E-state index contributed by atoms with van der Waals surface area (Å²) in [5, 5.41) is 3.84. The van der Waals surface area contributed by atoms with Gasteiger partial charge in [0.25, 0.3) is 5.91 Å². The van der Waals surface area contributed by atoms with Crippen LogP contribution in [0, 0.1) is 18.6 Å². The minimum absolute atomic E-state index is 0.196. The van der Waals surface area contributed by atoms with Crippen molar-refractivity contribution >= 4 is 11.6 Å². The molecule has 1 amide bonds. The highest BCUT2D eigenvalue weighted by molar-refractivity contribution is 5.99. The fraction of sp³-hybridized carbons (Fsp3) is 0.176. The zero-order chi connectivity index (χ0) is 16.8. The average Bonchev–Trinajstić information content (AvgIpc) is 2.53. The SMILES string of the molecule is C/C(=N/NC(=O)COc1cccc(C)c1)c1ccc(F)c(F)c1. The molecule has 0 saturated heterocycles. The van der Waals surface area contributed by atoms with Gasteiger partial charge in [0.05, 0.1) is 5.71 Å². The third-order valence-electron chi connectivity index (χ3n) is 3.05. The van der Waals surface area contributed by atoms with Gasteiger partial charge in [-0.15, -0.1) is 0 Å². The number of nitrogens with zero attached hydrogens (tertiary/aromatic N) is 1. The highest BCUT2D eigenvalue weighted by Crippen LogP contribution is 2.12. The smallest absolute Gasteiger partial charge is 0.277 e. The summed E-state index contributed by atoms with van der Waals surface area (Å²) in [6.45, 7) is 3.30. The summed E-state index contributed by atoms with van der Waals surface area (Å²) in [7, 11) is 0. The van der Waals surface area contributed by atoms with Gasteiger partial charge >= 0.3 is 0 Å². The Kier molecular flexibility index (Phi) is 5.41. The summed E-state index contributed by atoms with van der Waals surface area (Å²) in [6, 6.07) is 10.7.